The number of hydrogen-bond donors (Lipinski definition) is 0. The predicted octanol–water partition coefficient (Wildman–Crippen LogP) is 3.69. The molecule has 84 valence electrons. The standard InChI is InChI=1S/C14H17NS/c1-10(16)9-13-14(2,3)11-7-5-6-8-12(11)15(13)4/h5-9H,1-4H3/b13-9-. The molecular weight excluding hydrogens is 214 g/mol. The van der Waals surface area contributed by atoms with Gasteiger partial charge in [-0.05, 0) is 24.6 Å². The van der Waals surface area contributed by atoms with E-state index in [-0.39, 0.29) is 5.41 Å². The maximum Gasteiger partial charge on any atom is 0.0447 e. The minimum absolute atomic E-state index is 0.0470. The molecular formula is C14H17NS. The molecule has 0 aliphatic carbocycles. The van der Waals surface area contributed by atoms with Gasteiger partial charge in [0.1, 0.15) is 0 Å². The average Bonchev–Trinajstić information content (AvgIpc) is 2.41. The molecule has 0 bridgehead atoms. The van der Waals surface area contributed by atoms with Crippen LogP contribution < -0.4 is 4.90 Å². The molecule has 0 saturated carbocycles. The summed E-state index contributed by atoms with van der Waals surface area (Å²) in [6.07, 6.45) is 2.11. The highest BCUT2D eigenvalue weighted by Gasteiger charge is 2.37. The van der Waals surface area contributed by atoms with Crippen molar-refractivity contribution in [1.82, 2.24) is 0 Å². The number of benzene rings is 1. The number of allylic oxidation sites excluding steroid dienone is 2. The third kappa shape index (κ3) is 1.57. The number of rotatable bonds is 1. The van der Waals surface area contributed by atoms with Crippen molar-refractivity contribution in [3.8, 4) is 0 Å². The number of hydrogen-bond acceptors (Lipinski definition) is 2. The van der Waals surface area contributed by atoms with Crippen molar-refractivity contribution in [1.29, 1.82) is 0 Å². The molecule has 1 aliphatic rings. The fourth-order valence-electron chi connectivity index (χ4n) is 2.45. The number of nitrogens with zero attached hydrogens (tertiary/aromatic N) is 1. The molecule has 1 heterocycles. The lowest BCUT2D eigenvalue weighted by molar-refractivity contribution is 0.641. The van der Waals surface area contributed by atoms with Crippen LogP contribution in [0.5, 0.6) is 0 Å². The zero-order valence-electron chi connectivity index (χ0n) is 10.2. The summed E-state index contributed by atoms with van der Waals surface area (Å²) in [6.45, 7) is 6.47. The van der Waals surface area contributed by atoms with Gasteiger partial charge in [0.05, 0.1) is 0 Å². The summed E-state index contributed by atoms with van der Waals surface area (Å²) in [5, 5.41) is 0. The summed E-state index contributed by atoms with van der Waals surface area (Å²) >= 11 is 5.20. The molecule has 1 aromatic carbocycles. The average molecular weight is 231 g/mol. The predicted molar refractivity (Wildman–Crippen MR) is 74.2 cm³/mol. The molecule has 0 saturated heterocycles. The number of likely N-dealkylation sites (N-methyl/N-ethyl adjacent to an activating group) is 1. The molecule has 1 nitrogen and oxygen atoms in total. The summed E-state index contributed by atoms with van der Waals surface area (Å²) in [5.74, 6) is 0. The second kappa shape index (κ2) is 3.70. The number of thiocarbonyl (C=S) groups is 1. The van der Waals surface area contributed by atoms with Crippen LogP contribution >= 0.6 is 12.2 Å². The molecule has 0 unspecified atom stereocenters. The van der Waals surface area contributed by atoms with E-state index in [2.05, 4.69) is 56.1 Å². The van der Waals surface area contributed by atoms with Crippen LogP contribution in [-0.2, 0) is 5.41 Å². The van der Waals surface area contributed by atoms with Gasteiger partial charge in [0.25, 0.3) is 0 Å². The normalized spacial score (nSPS) is 20.0. The van der Waals surface area contributed by atoms with Crippen molar-refractivity contribution in [2.75, 3.05) is 11.9 Å². The van der Waals surface area contributed by atoms with Crippen molar-refractivity contribution in [2.45, 2.75) is 26.2 Å². The fourth-order valence-corrected chi connectivity index (χ4v) is 2.56. The molecule has 2 rings (SSSR count). The van der Waals surface area contributed by atoms with E-state index in [4.69, 9.17) is 12.2 Å². The van der Waals surface area contributed by atoms with Crippen LogP contribution in [0.1, 0.15) is 26.3 Å². The summed E-state index contributed by atoms with van der Waals surface area (Å²) < 4.78 is 0. The second-order valence-electron chi connectivity index (χ2n) is 4.84. The first-order valence-corrected chi connectivity index (χ1v) is 5.91. The third-order valence-corrected chi connectivity index (χ3v) is 3.40. The van der Waals surface area contributed by atoms with Crippen LogP contribution in [0.25, 0.3) is 0 Å². The first kappa shape index (κ1) is 11.3. The Morgan fingerprint density at radius 3 is 2.50 bits per heavy atom. The van der Waals surface area contributed by atoms with E-state index in [1.54, 1.807) is 0 Å². The molecule has 0 radical (unpaired) electrons. The van der Waals surface area contributed by atoms with Gasteiger partial charge in [0.15, 0.2) is 0 Å². The van der Waals surface area contributed by atoms with Crippen molar-refractivity contribution in [3.63, 3.8) is 0 Å². The molecule has 16 heavy (non-hydrogen) atoms. The van der Waals surface area contributed by atoms with Crippen LogP contribution in [0.2, 0.25) is 0 Å². The Bertz CT molecular complexity index is 471. The van der Waals surface area contributed by atoms with Gasteiger partial charge in [-0.15, -0.1) is 0 Å². The Morgan fingerprint density at radius 1 is 1.31 bits per heavy atom. The highest BCUT2D eigenvalue weighted by molar-refractivity contribution is 7.80. The van der Waals surface area contributed by atoms with Crippen LogP contribution in [0, 0.1) is 0 Å². The smallest absolute Gasteiger partial charge is 0.0447 e. The molecule has 0 amide bonds. The second-order valence-corrected chi connectivity index (χ2v) is 5.49. The van der Waals surface area contributed by atoms with Crippen LogP contribution in [0.3, 0.4) is 0 Å². The zero-order valence-corrected chi connectivity index (χ0v) is 11.1. The Hall–Kier alpha value is -1.15. The van der Waals surface area contributed by atoms with Crippen molar-refractivity contribution >= 4 is 22.8 Å². The van der Waals surface area contributed by atoms with E-state index >= 15 is 0 Å². The van der Waals surface area contributed by atoms with E-state index in [0.29, 0.717) is 0 Å². The third-order valence-electron chi connectivity index (χ3n) is 3.28. The Balaban J connectivity index is 2.62. The lowest BCUT2D eigenvalue weighted by Gasteiger charge is -2.24. The van der Waals surface area contributed by atoms with Gasteiger partial charge in [-0.1, -0.05) is 44.3 Å². The van der Waals surface area contributed by atoms with Gasteiger partial charge in [-0.3, -0.25) is 0 Å². The Kier molecular flexibility index (Phi) is 2.62. The maximum atomic E-state index is 5.20. The van der Waals surface area contributed by atoms with Crippen LogP contribution in [0.4, 0.5) is 5.69 Å². The summed E-state index contributed by atoms with van der Waals surface area (Å²) in [6, 6.07) is 8.54. The number of fused-ring (bicyclic) bond motifs is 1. The van der Waals surface area contributed by atoms with E-state index < -0.39 is 0 Å². The highest BCUT2D eigenvalue weighted by Crippen LogP contribution is 2.46. The first-order chi connectivity index (χ1) is 7.44. The minimum atomic E-state index is 0.0470. The van der Waals surface area contributed by atoms with Gasteiger partial charge >= 0.3 is 0 Å². The molecule has 0 fully saturated rings. The molecule has 2 heteroatoms. The van der Waals surface area contributed by atoms with Gasteiger partial charge in [-0.2, -0.15) is 0 Å². The maximum absolute atomic E-state index is 5.20. The fraction of sp³-hybridized carbons (Fsp3) is 0.357. The first-order valence-electron chi connectivity index (χ1n) is 5.50. The summed E-state index contributed by atoms with van der Waals surface area (Å²) in [4.78, 5) is 3.17. The minimum Gasteiger partial charge on any atom is -0.347 e. The monoisotopic (exact) mass is 231 g/mol. The van der Waals surface area contributed by atoms with Crippen molar-refractivity contribution in [2.24, 2.45) is 0 Å². The van der Waals surface area contributed by atoms with Gasteiger partial charge in [0, 0.05) is 28.7 Å². The summed E-state index contributed by atoms with van der Waals surface area (Å²) in [5.41, 5.74) is 3.99. The van der Waals surface area contributed by atoms with E-state index in [9.17, 15) is 0 Å². The molecule has 0 N–H and O–H groups in total. The molecule has 0 atom stereocenters. The number of anilines is 1. The van der Waals surface area contributed by atoms with Crippen molar-refractivity contribution in [3.05, 3.63) is 41.6 Å². The van der Waals surface area contributed by atoms with Gasteiger partial charge in [0.2, 0.25) is 0 Å². The molecule has 0 spiro atoms. The van der Waals surface area contributed by atoms with E-state index in [0.717, 1.165) is 4.86 Å². The van der Waals surface area contributed by atoms with E-state index in [1.807, 2.05) is 6.92 Å². The zero-order chi connectivity index (χ0) is 11.9. The van der Waals surface area contributed by atoms with Gasteiger partial charge < -0.3 is 4.90 Å². The lowest BCUT2D eigenvalue weighted by atomic mass is 9.83. The van der Waals surface area contributed by atoms with Crippen LogP contribution in [-0.4, -0.2) is 11.9 Å². The Morgan fingerprint density at radius 2 is 1.94 bits per heavy atom. The SMILES string of the molecule is CC(=S)/C=C1\N(C)c2ccccc2C1(C)C. The van der Waals surface area contributed by atoms with E-state index in [1.165, 1.54) is 16.9 Å². The largest absolute Gasteiger partial charge is 0.347 e. The van der Waals surface area contributed by atoms with Crippen molar-refractivity contribution < 1.29 is 0 Å². The molecule has 0 aromatic heterocycles. The quantitative estimate of drug-likeness (QED) is 0.535. The Labute approximate surface area is 103 Å². The lowest BCUT2D eigenvalue weighted by Crippen LogP contribution is -2.23. The topological polar surface area (TPSA) is 3.24 Å². The molecule has 1 aliphatic heterocycles. The highest BCUT2D eigenvalue weighted by atomic mass is 32.1. The van der Waals surface area contributed by atoms with Gasteiger partial charge in [-0.25, -0.2) is 0 Å². The van der Waals surface area contributed by atoms with Crippen LogP contribution in [0.15, 0.2) is 36.0 Å². The summed E-state index contributed by atoms with van der Waals surface area (Å²) in [7, 11) is 2.11. The molecule has 1 aromatic rings. The number of para-hydroxylation sites is 1.